The highest BCUT2D eigenvalue weighted by atomic mass is 32.1. The second-order valence-electron chi connectivity index (χ2n) is 4.80. The molecule has 2 aromatic heterocycles. The molecule has 0 aliphatic carbocycles. The lowest BCUT2D eigenvalue weighted by molar-refractivity contribution is 0.119. The first-order valence-electron chi connectivity index (χ1n) is 6.53. The Morgan fingerprint density at radius 3 is 2.60 bits per heavy atom. The number of thiophene rings is 1. The van der Waals surface area contributed by atoms with Gasteiger partial charge in [-0.1, -0.05) is 24.3 Å². The fourth-order valence-electron chi connectivity index (χ4n) is 2.25. The maximum absolute atomic E-state index is 5.33. The standard InChI is InChI=1S/C16H16N2OS/c1-10-8-14-15(17-9-18-16(14)20-10)13-6-4-12(5-7-13)11(2)19-3/h4-9,11H,1-3H3. The molecule has 3 nitrogen and oxygen atoms in total. The second kappa shape index (κ2) is 5.31. The maximum Gasteiger partial charge on any atom is 0.127 e. The van der Waals surface area contributed by atoms with Crippen LogP contribution in [0.1, 0.15) is 23.5 Å². The van der Waals surface area contributed by atoms with Gasteiger partial charge in [0.2, 0.25) is 0 Å². The molecule has 3 aromatic rings. The molecule has 0 saturated heterocycles. The van der Waals surface area contributed by atoms with E-state index in [1.165, 1.54) is 10.4 Å². The van der Waals surface area contributed by atoms with Crippen LogP contribution in [0.5, 0.6) is 0 Å². The first-order chi connectivity index (χ1) is 9.69. The number of aryl methyl sites for hydroxylation is 1. The average Bonchev–Trinajstić information content (AvgIpc) is 2.86. The van der Waals surface area contributed by atoms with Gasteiger partial charge in [-0.2, -0.15) is 0 Å². The quantitative estimate of drug-likeness (QED) is 0.716. The predicted octanol–water partition coefficient (Wildman–Crippen LogP) is 4.37. The minimum Gasteiger partial charge on any atom is -0.377 e. The normalized spacial score (nSPS) is 12.8. The van der Waals surface area contributed by atoms with Crippen LogP contribution in [0.25, 0.3) is 21.5 Å². The summed E-state index contributed by atoms with van der Waals surface area (Å²) in [6, 6.07) is 10.5. The average molecular weight is 284 g/mol. The van der Waals surface area contributed by atoms with Crippen molar-refractivity contribution in [2.45, 2.75) is 20.0 Å². The second-order valence-corrected chi connectivity index (χ2v) is 6.03. The Morgan fingerprint density at radius 2 is 1.90 bits per heavy atom. The molecule has 2 heterocycles. The van der Waals surface area contributed by atoms with Crippen molar-refractivity contribution < 1.29 is 4.74 Å². The zero-order valence-corrected chi connectivity index (χ0v) is 12.6. The summed E-state index contributed by atoms with van der Waals surface area (Å²) in [7, 11) is 1.72. The number of nitrogens with zero attached hydrogens (tertiary/aromatic N) is 2. The number of hydrogen-bond acceptors (Lipinski definition) is 4. The monoisotopic (exact) mass is 284 g/mol. The van der Waals surface area contributed by atoms with E-state index in [0.717, 1.165) is 21.5 Å². The number of aromatic nitrogens is 2. The van der Waals surface area contributed by atoms with E-state index >= 15 is 0 Å². The molecule has 1 atom stereocenters. The number of rotatable bonds is 3. The number of hydrogen-bond donors (Lipinski definition) is 0. The van der Waals surface area contributed by atoms with Crippen LogP contribution in [0.2, 0.25) is 0 Å². The molecular formula is C16H16N2OS. The van der Waals surface area contributed by atoms with E-state index < -0.39 is 0 Å². The summed E-state index contributed by atoms with van der Waals surface area (Å²) in [4.78, 5) is 11.1. The summed E-state index contributed by atoms with van der Waals surface area (Å²) in [6.07, 6.45) is 1.75. The molecule has 0 amide bonds. The molecule has 0 N–H and O–H groups in total. The van der Waals surface area contributed by atoms with Gasteiger partial charge in [-0.3, -0.25) is 0 Å². The fraction of sp³-hybridized carbons (Fsp3) is 0.250. The summed E-state index contributed by atoms with van der Waals surface area (Å²) in [5.74, 6) is 0. The topological polar surface area (TPSA) is 35.0 Å². The maximum atomic E-state index is 5.33. The van der Waals surface area contributed by atoms with E-state index in [1.807, 2.05) is 6.92 Å². The van der Waals surface area contributed by atoms with E-state index in [2.05, 4.69) is 47.2 Å². The van der Waals surface area contributed by atoms with Crippen molar-refractivity contribution in [3.8, 4) is 11.3 Å². The summed E-state index contributed by atoms with van der Waals surface area (Å²) in [5.41, 5.74) is 3.28. The molecule has 0 bridgehead atoms. The molecule has 0 spiro atoms. The van der Waals surface area contributed by atoms with E-state index in [4.69, 9.17) is 4.74 Å². The van der Waals surface area contributed by atoms with Crippen molar-refractivity contribution in [2.24, 2.45) is 0 Å². The Hall–Kier alpha value is -1.78. The van der Waals surface area contributed by atoms with Gasteiger partial charge < -0.3 is 4.74 Å². The van der Waals surface area contributed by atoms with Gasteiger partial charge >= 0.3 is 0 Å². The van der Waals surface area contributed by atoms with Crippen molar-refractivity contribution in [2.75, 3.05) is 7.11 Å². The highest BCUT2D eigenvalue weighted by Gasteiger charge is 2.10. The van der Waals surface area contributed by atoms with E-state index in [-0.39, 0.29) is 6.10 Å². The number of ether oxygens (including phenoxy) is 1. The Labute approximate surface area is 122 Å². The summed E-state index contributed by atoms with van der Waals surface area (Å²) in [5, 5.41) is 1.13. The number of methoxy groups -OCH3 is 1. The first kappa shape index (κ1) is 13.2. The molecule has 20 heavy (non-hydrogen) atoms. The molecule has 4 heteroatoms. The van der Waals surface area contributed by atoms with Crippen molar-refractivity contribution in [3.63, 3.8) is 0 Å². The molecule has 3 rings (SSSR count). The summed E-state index contributed by atoms with van der Waals surface area (Å²) >= 11 is 1.70. The SMILES string of the molecule is COC(C)c1ccc(-c2ncnc3sc(C)cc23)cc1. The molecular weight excluding hydrogens is 268 g/mol. The van der Waals surface area contributed by atoms with Crippen molar-refractivity contribution in [3.05, 3.63) is 47.1 Å². The van der Waals surface area contributed by atoms with Gasteiger partial charge in [0.1, 0.15) is 11.2 Å². The Morgan fingerprint density at radius 1 is 1.15 bits per heavy atom. The van der Waals surface area contributed by atoms with Gasteiger partial charge in [0, 0.05) is 22.9 Å². The van der Waals surface area contributed by atoms with Gasteiger partial charge in [-0.25, -0.2) is 9.97 Å². The van der Waals surface area contributed by atoms with Crippen molar-refractivity contribution in [1.29, 1.82) is 0 Å². The van der Waals surface area contributed by atoms with Crippen LogP contribution in [0.3, 0.4) is 0 Å². The lowest BCUT2D eigenvalue weighted by atomic mass is 10.0. The van der Waals surface area contributed by atoms with E-state index in [0.29, 0.717) is 0 Å². The van der Waals surface area contributed by atoms with Gasteiger partial charge in [0.05, 0.1) is 11.8 Å². The van der Waals surface area contributed by atoms with Crippen molar-refractivity contribution in [1.82, 2.24) is 9.97 Å². The molecule has 1 unspecified atom stereocenters. The third kappa shape index (κ3) is 2.32. The smallest absolute Gasteiger partial charge is 0.127 e. The minimum atomic E-state index is 0.109. The van der Waals surface area contributed by atoms with Crippen LogP contribution in [0.4, 0.5) is 0 Å². The summed E-state index contributed by atoms with van der Waals surface area (Å²) in [6.45, 7) is 4.14. The lowest BCUT2D eigenvalue weighted by Gasteiger charge is -2.10. The molecule has 0 radical (unpaired) electrons. The molecule has 1 aromatic carbocycles. The van der Waals surface area contributed by atoms with Crippen LogP contribution in [-0.2, 0) is 4.74 Å². The third-order valence-corrected chi connectivity index (χ3v) is 4.42. The highest BCUT2D eigenvalue weighted by Crippen LogP contribution is 2.31. The Balaban J connectivity index is 2.07. The van der Waals surface area contributed by atoms with E-state index in [9.17, 15) is 0 Å². The summed E-state index contributed by atoms with van der Waals surface area (Å²) < 4.78 is 5.33. The van der Waals surface area contributed by atoms with Crippen molar-refractivity contribution >= 4 is 21.6 Å². The largest absolute Gasteiger partial charge is 0.377 e. The molecule has 102 valence electrons. The van der Waals surface area contributed by atoms with Gasteiger partial charge in [-0.05, 0) is 25.5 Å². The van der Waals surface area contributed by atoms with Crippen LogP contribution >= 0.6 is 11.3 Å². The Bertz CT molecular complexity index is 734. The third-order valence-electron chi connectivity index (χ3n) is 3.46. The molecule has 0 aliphatic heterocycles. The zero-order chi connectivity index (χ0) is 14.1. The van der Waals surface area contributed by atoms with Gasteiger partial charge in [0.15, 0.2) is 0 Å². The molecule has 0 fully saturated rings. The Kier molecular flexibility index (Phi) is 3.51. The zero-order valence-electron chi connectivity index (χ0n) is 11.8. The molecule has 0 saturated carbocycles. The van der Waals surface area contributed by atoms with Crippen LogP contribution in [0.15, 0.2) is 36.7 Å². The number of benzene rings is 1. The van der Waals surface area contributed by atoms with Crippen LogP contribution < -0.4 is 0 Å². The van der Waals surface area contributed by atoms with E-state index in [1.54, 1.807) is 24.8 Å². The highest BCUT2D eigenvalue weighted by molar-refractivity contribution is 7.18. The molecule has 0 aliphatic rings. The lowest BCUT2D eigenvalue weighted by Crippen LogP contribution is -1.95. The predicted molar refractivity (Wildman–Crippen MR) is 83.0 cm³/mol. The van der Waals surface area contributed by atoms with Gasteiger partial charge in [0.25, 0.3) is 0 Å². The minimum absolute atomic E-state index is 0.109. The van der Waals surface area contributed by atoms with Gasteiger partial charge in [-0.15, -0.1) is 11.3 Å². The number of fused-ring (bicyclic) bond motifs is 1. The first-order valence-corrected chi connectivity index (χ1v) is 7.35. The fourth-order valence-corrected chi connectivity index (χ4v) is 3.10. The van der Waals surface area contributed by atoms with Crippen LogP contribution in [-0.4, -0.2) is 17.1 Å². The van der Waals surface area contributed by atoms with Crippen LogP contribution in [0, 0.1) is 6.92 Å².